The van der Waals surface area contributed by atoms with E-state index in [4.69, 9.17) is 4.74 Å². The van der Waals surface area contributed by atoms with Crippen molar-refractivity contribution in [2.24, 2.45) is 0 Å². The molecule has 0 aromatic rings. The van der Waals surface area contributed by atoms with E-state index in [9.17, 15) is 0 Å². The molecule has 0 aromatic carbocycles. The van der Waals surface area contributed by atoms with Crippen molar-refractivity contribution in [1.29, 1.82) is 0 Å². The molecule has 2 heteroatoms. The van der Waals surface area contributed by atoms with Gasteiger partial charge in [-0.25, -0.2) is 0 Å². The van der Waals surface area contributed by atoms with Crippen LogP contribution in [0.1, 0.15) is 52.4 Å². The first kappa shape index (κ1) is 13.7. The Morgan fingerprint density at radius 2 is 2.25 bits per heavy atom. The Balaban J connectivity index is 2.43. The summed E-state index contributed by atoms with van der Waals surface area (Å²) in [6.07, 6.45) is 7.49. The minimum absolute atomic E-state index is 0.406. The van der Waals surface area contributed by atoms with Crippen LogP contribution in [0.15, 0.2) is 12.2 Å². The van der Waals surface area contributed by atoms with Crippen LogP contribution in [0.3, 0.4) is 0 Å². The van der Waals surface area contributed by atoms with Crippen LogP contribution in [0, 0.1) is 0 Å². The lowest BCUT2D eigenvalue weighted by molar-refractivity contribution is -0.00745. The molecule has 1 aliphatic rings. The quantitative estimate of drug-likeness (QED) is 0.671. The molecule has 0 aliphatic carbocycles. The predicted molar refractivity (Wildman–Crippen MR) is 69.7 cm³/mol. The van der Waals surface area contributed by atoms with Crippen LogP contribution in [0.25, 0.3) is 0 Å². The average molecular weight is 225 g/mol. The lowest BCUT2D eigenvalue weighted by Crippen LogP contribution is -2.43. The van der Waals surface area contributed by atoms with Crippen LogP contribution >= 0.6 is 0 Å². The molecular weight excluding hydrogens is 198 g/mol. The Labute approximate surface area is 100 Å². The topological polar surface area (TPSA) is 21.3 Å². The molecule has 0 aromatic heterocycles. The van der Waals surface area contributed by atoms with Gasteiger partial charge in [-0.05, 0) is 45.1 Å². The SMILES string of the molecule is C=C(CC)CC(NCCC)C1CCCCO1. The Morgan fingerprint density at radius 3 is 2.81 bits per heavy atom. The molecule has 2 nitrogen and oxygen atoms in total. The van der Waals surface area contributed by atoms with E-state index >= 15 is 0 Å². The Hall–Kier alpha value is -0.340. The van der Waals surface area contributed by atoms with E-state index in [0.29, 0.717) is 12.1 Å². The van der Waals surface area contributed by atoms with Gasteiger partial charge >= 0.3 is 0 Å². The lowest BCUT2D eigenvalue weighted by Gasteiger charge is -2.31. The molecule has 1 aliphatic heterocycles. The van der Waals surface area contributed by atoms with Gasteiger partial charge in [-0.1, -0.05) is 26.0 Å². The summed E-state index contributed by atoms with van der Waals surface area (Å²) in [4.78, 5) is 0. The normalized spacial score (nSPS) is 23.0. The standard InChI is InChI=1S/C14H27NO/c1-4-9-15-13(11-12(3)5-2)14-8-6-7-10-16-14/h13-15H,3-11H2,1-2H3. The van der Waals surface area contributed by atoms with Gasteiger partial charge in [0.25, 0.3) is 0 Å². The van der Waals surface area contributed by atoms with Gasteiger partial charge in [0.2, 0.25) is 0 Å². The van der Waals surface area contributed by atoms with Crippen molar-refractivity contribution in [2.45, 2.75) is 64.5 Å². The molecule has 1 rings (SSSR count). The van der Waals surface area contributed by atoms with Crippen LogP contribution in [0.2, 0.25) is 0 Å². The van der Waals surface area contributed by atoms with Gasteiger partial charge in [-0.2, -0.15) is 0 Å². The first-order valence-corrected chi connectivity index (χ1v) is 6.79. The van der Waals surface area contributed by atoms with Crippen LogP contribution in [-0.2, 0) is 4.74 Å². The van der Waals surface area contributed by atoms with Crippen molar-refractivity contribution >= 4 is 0 Å². The molecule has 1 N–H and O–H groups in total. The summed E-state index contributed by atoms with van der Waals surface area (Å²) in [5.41, 5.74) is 1.34. The van der Waals surface area contributed by atoms with Crippen molar-refractivity contribution in [3.8, 4) is 0 Å². The molecule has 1 heterocycles. The second kappa shape index (κ2) is 7.86. The highest BCUT2D eigenvalue weighted by molar-refractivity contribution is 4.99. The van der Waals surface area contributed by atoms with Crippen LogP contribution in [0.5, 0.6) is 0 Å². The third-order valence-corrected chi connectivity index (χ3v) is 3.33. The predicted octanol–water partition coefficient (Wildman–Crippen LogP) is 3.28. The molecule has 0 amide bonds. The highest BCUT2D eigenvalue weighted by Gasteiger charge is 2.23. The minimum atomic E-state index is 0.406. The summed E-state index contributed by atoms with van der Waals surface area (Å²) >= 11 is 0. The second-order valence-corrected chi connectivity index (χ2v) is 4.77. The number of hydrogen-bond acceptors (Lipinski definition) is 2. The van der Waals surface area contributed by atoms with Gasteiger partial charge in [-0.15, -0.1) is 0 Å². The van der Waals surface area contributed by atoms with Gasteiger partial charge in [-0.3, -0.25) is 0 Å². The van der Waals surface area contributed by atoms with Crippen molar-refractivity contribution in [1.82, 2.24) is 5.32 Å². The molecule has 1 saturated heterocycles. The van der Waals surface area contributed by atoms with E-state index < -0.39 is 0 Å². The van der Waals surface area contributed by atoms with Crippen LogP contribution < -0.4 is 5.32 Å². The molecular formula is C14H27NO. The maximum Gasteiger partial charge on any atom is 0.0731 e. The summed E-state index contributed by atoms with van der Waals surface area (Å²) in [6.45, 7) is 10.5. The number of rotatable bonds is 7. The number of ether oxygens (including phenoxy) is 1. The summed E-state index contributed by atoms with van der Waals surface area (Å²) < 4.78 is 5.88. The molecule has 2 unspecified atom stereocenters. The smallest absolute Gasteiger partial charge is 0.0731 e. The fraction of sp³-hybridized carbons (Fsp3) is 0.857. The third-order valence-electron chi connectivity index (χ3n) is 3.33. The number of hydrogen-bond donors (Lipinski definition) is 1. The highest BCUT2D eigenvalue weighted by atomic mass is 16.5. The zero-order valence-corrected chi connectivity index (χ0v) is 10.9. The van der Waals surface area contributed by atoms with Gasteiger partial charge in [0.1, 0.15) is 0 Å². The van der Waals surface area contributed by atoms with Gasteiger partial charge in [0.05, 0.1) is 6.10 Å². The van der Waals surface area contributed by atoms with Crippen molar-refractivity contribution in [3.63, 3.8) is 0 Å². The Kier molecular flexibility index (Phi) is 6.74. The van der Waals surface area contributed by atoms with E-state index in [0.717, 1.165) is 26.0 Å². The van der Waals surface area contributed by atoms with E-state index in [1.807, 2.05) is 0 Å². The van der Waals surface area contributed by atoms with Crippen molar-refractivity contribution < 1.29 is 4.74 Å². The number of nitrogens with one attached hydrogen (secondary N) is 1. The summed E-state index contributed by atoms with van der Waals surface area (Å²) in [5.74, 6) is 0. The van der Waals surface area contributed by atoms with Gasteiger partial charge < -0.3 is 10.1 Å². The summed E-state index contributed by atoms with van der Waals surface area (Å²) in [6, 6.07) is 0.479. The van der Waals surface area contributed by atoms with E-state index in [1.165, 1.54) is 31.3 Å². The fourth-order valence-corrected chi connectivity index (χ4v) is 2.20. The fourth-order valence-electron chi connectivity index (χ4n) is 2.20. The first-order chi connectivity index (χ1) is 7.77. The molecule has 94 valence electrons. The van der Waals surface area contributed by atoms with E-state index in [2.05, 4.69) is 25.7 Å². The lowest BCUT2D eigenvalue weighted by atomic mass is 9.95. The third kappa shape index (κ3) is 4.67. The summed E-state index contributed by atoms with van der Waals surface area (Å²) in [5, 5.41) is 3.62. The minimum Gasteiger partial charge on any atom is -0.377 e. The van der Waals surface area contributed by atoms with Gasteiger partial charge in [0.15, 0.2) is 0 Å². The molecule has 2 atom stereocenters. The highest BCUT2D eigenvalue weighted by Crippen LogP contribution is 2.20. The molecule has 0 radical (unpaired) electrons. The maximum absolute atomic E-state index is 5.88. The first-order valence-electron chi connectivity index (χ1n) is 6.79. The zero-order valence-electron chi connectivity index (χ0n) is 10.9. The zero-order chi connectivity index (χ0) is 11.8. The second-order valence-electron chi connectivity index (χ2n) is 4.77. The largest absolute Gasteiger partial charge is 0.377 e. The van der Waals surface area contributed by atoms with Gasteiger partial charge in [0, 0.05) is 12.6 Å². The molecule has 16 heavy (non-hydrogen) atoms. The van der Waals surface area contributed by atoms with Crippen molar-refractivity contribution in [3.05, 3.63) is 12.2 Å². The van der Waals surface area contributed by atoms with Crippen LogP contribution in [-0.4, -0.2) is 25.3 Å². The van der Waals surface area contributed by atoms with E-state index in [1.54, 1.807) is 0 Å². The van der Waals surface area contributed by atoms with Crippen LogP contribution in [0.4, 0.5) is 0 Å². The Bertz CT molecular complexity index is 197. The molecule has 0 saturated carbocycles. The maximum atomic E-state index is 5.88. The average Bonchev–Trinajstić information content (AvgIpc) is 2.35. The monoisotopic (exact) mass is 225 g/mol. The molecule has 0 bridgehead atoms. The van der Waals surface area contributed by atoms with E-state index in [-0.39, 0.29) is 0 Å². The molecule has 1 fully saturated rings. The summed E-state index contributed by atoms with van der Waals surface area (Å²) in [7, 11) is 0. The Morgan fingerprint density at radius 1 is 1.44 bits per heavy atom. The van der Waals surface area contributed by atoms with Crippen molar-refractivity contribution in [2.75, 3.05) is 13.2 Å². The molecule has 0 spiro atoms.